The lowest BCUT2D eigenvalue weighted by molar-refractivity contribution is -0.137. The van der Waals surface area contributed by atoms with Gasteiger partial charge in [-0.25, -0.2) is 9.97 Å². The van der Waals surface area contributed by atoms with Crippen molar-refractivity contribution in [1.29, 1.82) is 0 Å². The van der Waals surface area contributed by atoms with Gasteiger partial charge in [-0.15, -0.1) is 23.7 Å². The summed E-state index contributed by atoms with van der Waals surface area (Å²) < 4.78 is 40.2. The number of hydrogen-bond donors (Lipinski definition) is 3. The molecule has 29 heavy (non-hydrogen) atoms. The maximum atomic E-state index is 13.4. The minimum atomic E-state index is -4.58. The molecule has 3 heterocycles. The van der Waals surface area contributed by atoms with E-state index in [1.165, 1.54) is 6.07 Å². The van der Waals surface area contributed by atoms with E-state index in [1.807, 2.05) is 12.1 Å². The van der Waals surface area contributed by atoms with Crippen molar-refractivity contribution in [1.82, 2.24) is 15.3 Å². The first kappa shape index (κ1) is 21.6. The molecule has 2 aromatic heterocycles. The summed E-state index contributed by atoms with van der Waals surface area (Å²) in [6.07, 6.45) is -2.96. The van der Waals surface area contributed by atoms with Gasteiger partial charge in [0.2, 0.25) is 5.95 Å². The lowest BCUT2D eigenvalue weighted by Crippen LogP contribution is -2.23. The number of hydrogen-bond acceptors (Lipinski definition) is 6. The van der Waals surface area contributed by atoms with Gasteiger partial charge in [-0.3, -0.25) is 0 Å². The number of benzene rings is 1. The number of aromatic nitrogens is 2. The van der Waals surface area contributed by atoms with Crippen LogP contribution in [0.3, 0.4) is 0 Å². The molecule has 11 heteroatoms. The van der Waals surface area contributed by atoms with Crippen LogP contribution >= 0.6 is 35.3 Å². The molecule has 5 nitrogen and oxygen atoms in total. The first-order valence-electron chi connectivity index (χ1n) is 8.39. The molecule has 0 radical (unpaired) electrons. The van der Waals surface area contributed by atoms with Gasteiger partial charge in [0.05, 0.1) is 21.3 Å². The highest BCUT2D eigenvalue weighted by molar-refractivity contribution is 7.14. The lowest BCUT2D eigenvalue weighted by Gasteiger charge is -2.19. The molecule has 0 spiro atoms. The Labute approximate surface area is 179 Å². The van der Waals surface area contributed by atoms with E-state index in [2.05, 4.69) is 20.6 Å². The van der Waals surface area contributed by atoms with Crippen molar-refractivity contribution in [2.24, 2.45) is 0 Å². The molecule has 4 N–H and O–H groups in total. The molecule has 0 saturated carbocycles. The van der Waals surface area contributed by atoms with Crippen LogP contribution in [0, 0.1) is 0 Å². The Bertz CT molecular complexity index is 1040. The van der Waals surface area contributed by atoms with Gasteiger partial charge < -0.3 is 16.4 Å². The fourth-order valence-electron chi connectivity index (χ4n) is 3.03. The third-order valence-corrected chi connectivity index (χ3v) is 5.64. The predicted molar refractivity (Wildman–Crippen MR) is 112 cm³/mol. The molecular weight excluding hydrogens is 446 g/mol. The van der Waals surface area contributed by atoms with Crippen LogP contribution in [0.25, 0.3) is 10.6 Å². The average molecular weight is 462 g/mol. The van der Waals surface area contributed by atoms with Crippen LogP contribution in [0.2, 0.25) is 5.02 Å². The summed E-state index contributed by atoms with van der Waals surface area (Å²) in [4.78, 5) is 8.28. The highest BCUT2D eigenvalue weighted by Gasteiger charge is 2.36. The first-order chi connectivity index (χ1) is 13.3. The molecule has 0 fully saturated rings. The van der Waals surface area contributed by atoms with E-state index in [-0.39, 0.29) is 24.0 Å². The van der Waals surface area contributed by atoms with Crippen LogP contribution in [0.4, 0.5) is 30.5 Å². The zero-order valence-electron chi connectivity index (χ0n) is 14.8. The molecule has 3 aromatic rings. The van der Waals surface area contributed by atoms with Crippen LogP contribution in [0.15, 0.2) is 29.8 Å². The normalized spacial score (nSPS) is 13.5. The van der Waals surface area contributed by atoms with E-state index in [4.69, 9.17) is 17.3 Å². The molecule has 154 valence electrons. The topological polar surface area (TPSA) is 75.9 Å². The number of rotatable bonds is 3. The number of nitrogens with two attached hydrogens (primary N) is 1. The van der Waals surface area contributed by atoms with E-state index in [1.54, 1.807) is 5.38 Å². The molecule has 0 atom stereocenters. The van der Waals surface area contributed by atoms with Gasteiger partial charge in [0, 0.05) is 23.8 Å². The van der Waals surface area contributed by atoms with Crippen molar-refractivity contribution in [3.8, 4) is 10.6 Å². The minimum absolute atomic E-state index is 0. The lowest BCUT2D eigenvalue weighted by atomic mass is 10.0. The van der Waals surface area contributed by atoms with Crippen molar-refractivity contribution in [3.63, 3.8) is 0 Å². The number of fused-ring (bicyclic) bond motifs is 1. The van der Waals surface area contributed by atoms with Gasteiger partial charge in [0.25, 0.3) is 0 Å². The molecule has 0 bridgehead atoms. The molecule has 0 amide bonds. The van der Waals surface area contributed by atoms with E-state index < -0.39 is 11.7 Å². The Kier molecular flexibility index (Phi) is 6.23. The monoisotopic (exact) mass is 461 g/mol. The highest BCUT2D eigenvalue weighted by atomic mass is 35.5. The van der Waals surface area contributed by atoms with Crippen molar-refractivity contribution < 1.29 is 13.2 Å². The van der Waals surface area contributed by atoms with Crippen LogP contribution in [0.5, 0.6) is 0 Å². The van der Waals surface area contributed by atoms with E-state index in [0.717, 1.165) is 48.2 Å². The van der Waals surface area contributed by atoms with Gasteiger partial charge in [-0.1, -0.05) is 11.6 Å². The van der Waals surface area contributed by atoms with Crippen LogP contribution < -0.4 is 16.4 Å². The molecule has 4 rings (SSSR count). The second kappa shape index (κ2) is 8.35. The second-order valence-electron chi connectivity index (χ2n) is 6.35. The molecule has 1 aliphatic rings. The molecule has 0 aliphatic carbocycles. The van der Waals surface area contributed by atoms with E-state index >= 15 is 0 Å². The highest BCUT2D eigenvalue weighted by Crippen LogP contribution is 2.39. The summed E-state index contributed by atoms with van der Waals surface area (Å²) in [6.45, 7) is 1.59. The van der Waals surface area contributed by atoms with Crippen LogP contribution in [0.1, 0.15) is 16.7 Å². The standard InChI is InChI=1S/C18H15ClF3N5S.ClH/c19-13-3-10-6-24-2-1-9(10)4-14(13)26-17-25-7-12(18(20,21)22)16(27-17)15-5-11(23)8-28-15;/h3-5,7-8,24H,1-2,6,23H2,(H,25,26,27);1H. The number of halogens is 5. The van der Waals surface area contributed by atoms with Crippen molar-refractivity contribution in [2.75, 3.05) is 17.6 Å². The summed E-state index contributed by atoms with van der Waals surface area (Å²) in [5, 5.41) is 8.24. The Morgan fingerprint density at radius 2 is 2.00 bits per heavy atom. The Morgan fingerprint density at radius 3 is 2.69 bits per heavy atom. The molecular formula is C18H16Cl2F3N5S. The minimum Gasteiger partial charge on any atom is -0.398 e. The zero-order valence-corrected chi connectivity index (χ0v) is 17.2. The largest absolute Gasteiger partial charge is 0.420 e. The van der Waals surface area contributed by atoms with Gasteiger partial charge in [-0.2, -0.15) is 13.2 Å². The molecule has 1 aromatic carbocycles. The van der Waals surface area contributed by atoms with Gasteiger partial charge in [0.15, 0.2) is 0 Å². The van der Waals surface area contributed by atoms with Crippen LogP contribution in [-0.4, -0.2) is 16.5 Å². The number of nitrogens with one attached hydrogen (secondary N) is 2. The first-order valence-corrected chi connectivity index (χ1v) is 9.64. The maximum Gasteiger partial charge on any atom is 0.420 e. The van der Waals surface area contributed by atoms with Crippen molar-refractivity contribution in [2.45, 2.75) is 19.1 Å². The summed E-state index contributed by atoms with van der Waals surface area (Å²) in [5.41, 5.74) is 7.70. The van der Waals surface area contributed by atoms with E-state index in [0.29, 0.717) is 21.3 Å². The molecule has 0 unspecified atom stereocenters. The maximum absolute atomic E-state index is 13.4. The molecule has 1 aliphatic heterocycles. The van der Waals surface area contributed by atoms with Crippen LogP contribution in [-0.2, 0) is 19.1 Å². The van der Waals surface area contributed by atoms with E-state index in [9.17, 15) is 13.2 Å². The Balaban J connectivity index is 0.00000240. The summed E-state index contributed by atoms with van der Waals surface area (Å²) in [5.74, 6) is 0.0331. The van der Waals surface area contributed by atoms with Gasteiger partial charge in [0.1, 0.15) is 5.56 Å². The van der Waals surface area contributed by atoms with Gasteiger partial charge in [-0.05, 0) is 42.3 Å². The number of anilines is 3. The zero-order chi connectivity index (χ0) is 19.9. The average Bonchev–Trinajstić information content (AvgIpc) is 3.08. The third kappa shape index (κ3) is 4.58. The fourth-order valence-corrected chi connectivity index (χ4v) is 4.07. The SMILES string of the molecule is Cl.Nc1csc(-c2nc(Nc3cc4c(cc3Cl)CNCC4)ncc2C(F)(F)F)c1. The third-order valence-electron chi connectivity index (χ3n) is 4.37. The van der Waals surface area contributed by atoms with Crippen molar-refractivity contribution in [3.05, 3.63) is 51.5 Å². The summed E-state index contributed by atoms with van der Waals surface area (Å²) >= 11 is 7.43. The fraction of sp³-hybridized carbons (Fsp3) is 0.222. The van der Waals surface area contributed by atoms with Gasteiger partial charge >= 0.3 is 6.18 Å². The summed E-state index contributed by atoms with van der Waals surface area (Å²) in [7, 11) is 0. The number of nitrogen functional groups attached to an aromatic ring is 1. The predicted octanol–water partition coefficient (Wildman–Crippen LogP) is 5.27. The van der Waals surface area contributed by atoms with Crippen molar-refractivity contribution >= 4 is 52.7 Å². The number of thiophene rings is 1. The summed E-state index contributed by atoms with van der Waals surface area (Å²) in [6, 6.07) is 5.20. The number of nitrogens with zero attached hydrogens (tertiary/aromatic N) is 2. The number of alkyl halides is 3. The Hall–Kier alpha value is -2.07. The quantitative estimate of drug-likeness (QED) is 0.495. The smallest absolute Gasteiger partial charge is 0.398 e. The second-order valence-corrected chi connectivity index (χ2v) is 7.67. The molecule has 0 saturated heterocycles. The Morgan fingerprint density at radius 1 is 1.21 bits per heavy atom.